The third kappa shape index (κ3) is 2.75. The van der Waals surface area contributed by atoms with Crippen molar-refractivity contribution in [3.63, 3.8) is 0 Å². The topological polar surface area (TPSA) is 70.1 Å². The van der Waals surface area contributed by atoms with Gasteiger partial charge in [-0.05, 0) is 94.8 Å². The molecule has 1 heterocycles. The highest BCUT2D eigenvalue weighted by molar-refractivity contribution is 5.85. The van der Waals surface area contributed by atoms with E-state index in [4.69, 9.17) is 4.74 Å². The van der Waals surface area contributed by atoms with Gasteiger partial charge in [0.1, 0.15) is 17.0 Å². The van der Waals surface area contributed by atoms with E-state index in [1.807, 2.05) is 0 Å². The lowest BCUT2D eigenvalue weighted by Crippen LogP contribution is -2.65. The Morgan fingerprint density at radius 2 is 1.62 bits per heavy atom. The van der Waals surface area contributed by atoms with Gasteiger partial charge in [0.05, 0.1) is 11.7 Å². The molecule has 34 heavy (non-hydrogen) atoms. The second-order valence-corrected chi connectivity index (χ2v) is 15.0. The Bertz CT molecular complexity index is 874. The van der Waals surface area contributed by atoms with Gasteiger partial charge in [0.2, 0.25) is 0 Å². The molecule has 5 aliphatic rings. The number of Topliss-reactive ketones (excluding diaryl/α,β-unsaturated/α-hetero) is 1. The molecule has 4 heteroatoms. The number of hydrogen-bond acceptors (Lipinski definition) is 4. The molecule has 4 aliphatic carbocycles. The minimum absolute atomic E-state index is 0.0320. The third-order valence-electron chi connectivity index (χ3n) is 13.2. The fraction of sp³-hybridized carbons (Fsp3) is 0.967. The molecule has 1 aliphatic heterocycles. The molecule has 4 saturated carbocycles. The Hall–Kier alpha value is -0.450. The lowest BCUT2D eigenvalue weighted by Gasteiger charge is -2.62. The molecule has 5 unspecified atom stereocenters. The summed E-state index contributed by atoms with van der Waals surface area (Å²) in [6.07, 6.45) is 9.63. The van der Waals surface area contributed by atoms with Crippen LogP contribution in [0.1, 0.15) is 120 Å². The van der Waals surface area contributed by atoms with Crippen molar-refractivity contribution in [3.8, 4) is 0 Å². The summed E-state index contributed by atoms with van der Waals surface area (Å²) in [5, 5.41) is 20.6. The standard InChI is InChI=1S/C30H50O4/c1-19(9-10-23(32)25(4,5)33)20-11-15-28(8)26(20,6)17-18-29-27(7)14-13-22(31)24(2,3)21(27)12-16-30(28,29)34-29/h19-21,23,32-33H,9-18H2,1-8H3/t19?,20?,21-,23?,26+,27-,28+,29?,30?/m0/s1. The Morgan fingerprint density at radius 1 is 0.941 bits per heavy atom. The first-order chi connectivity index (χ1) is 15.5. The van der Waals surface area contributed by atoms with Crippen LogP contribution in [-0.2, 0) is 9.53 Å². The first kappa shape index (κ1) is 25.2. The largest absolute Gasteiger partial charge is 0.390 e. The van der Waals surface area contributed by atoms with Gasteiger partial charge in [0.15, 0.2) is 0 Å². The van der Waals surface area contributed by atoms with E-state index in [0.717, 1.165) is 32.1 Å². The van der Waals surface area contributed by atoms with Crippen LogP contribution in [-0.4, -0.2) is 38.9 Å². The van der Waals surface area contributed by atoms with Gasteiger partial charge in [-0.25, -0.2) is 0 Å². The van der Waals surface area contributed by atoms with Gasteiger partial charge in [0.25, 0.3) is 0 Å². The number of aliphatic hydroxyl groups excluding tert-OH is 1. The summed E-state index contributed by atoms with van der Waals surface area (Å²) >= 11 is 0. The van der Waals surface area contributed by atoms with Crippen LogP contribution in [0.25, 0.3) is 0 Å². The van der Waals surface area contributed by atoms with Gasteiger partial charge in [-0.15, -0.1) is 0 Å². The molecule has 1 saturated heterocycles. The van der Waals surface area contributed by atoms with Crippen LogP contribution in [0.5, 0.6) is 0 Å². The number of hydrogen-bond donors (Lipinski definition) is 2. The summed E-state index contributed by atoms with van der Waals surface area (Å²) < 4.78 is 7.18. The molecular weight excluding hydrogens is 424 g/mol. The van der Waals surface area contributed by atoms with Crippen LogP contribution in [0.4, 0.5) is 0 Å². The van der Waals surface area contributed by atoms with Crippen LogP contribution in [0.15, 0.2) is 0 Å². The summed E-state index contributed by atoms with van der Waals surface area (Å²) in [5.74, 6) is 2.02. The molecule has 0 radical (unpaired) electrons. The fourth-order valence-electron chi connectivity index (χ4n) is 10.8. The second kappa shape index (κ2) is 7.10. The molecule has 9 atom stereocenters. The Labute approximate surface area is 207 Å². The first-order valence-corrected chi connectivity index (χ1v) is 14.2. The molecule has 5 fully saturated rings. The quantitative estimate of drug-likeness (QED) is 0.475. The summed E-state index contributed by atoms with van der Waals surface area (Å²) in [5.41, 5.74) is -0.882. The number of ether oxygens (including phenoxy) is 1. The molecule has 4 nitrogen and oxygen atoms in total. The molecule has 194 valence electrons. The van der Waals surface area contributed by atoms with Crippen molar-refractivity contribution >= 4 is 5.78 Å². The van der Waals surface area contributed by atoms with Gasteiger partial charge in [-0.1, -0.05) is 41.5 Å². The number of ketones is 1. The Morgan fingerprint density at radius 3 is 2.26 bits per heavy atom. The van der Waals surface area contributed by atoms with E-state index < -0.39 is 11.7 Å². The van der Waals surface area contributed by atoms with Crippen molar-refractivity contribution in [1.29, 1.82) is 0 Å². The molecule has 0 aromatic rings. The number of aliphatic hydroxyl groups is 2. The maximum Gasteiger partial charge on any atom is 0.138 e. The summed E-state index contributed by atoms with van der Waals surface area (Å²) in [6, 6.07) is 0. The predicted molar refractivity (Wildman–Crippen MR) is 134 cm³/mol. The van der Waals surface area contributed by atoms with E-state index in [-0.39, 0.29) is 32.9 Å². The highest BCUT2D eigenvalue weighted by Gasteiger charge is 2.90. The monoisotopic (exact) mass is 474 g/mol. The zero-order valence-electron chi connectivity index (χ0n) is 23.1. The number of rotatable bonds is 5. The van der Waals surface area contributed by atoms with Crippen molar-refractivity contribution in [1.82, 2.24) is 0 Å². The van der Waals surface area contributed by atoms with Crippen LogP contribution < -0.4 is 0 Å². The van der Waals surface area contributed by atoms with Crippen LogP contribution in [0.3, 0.4) is 0 Å². The van der Waals surface area contributed by atoms with Gasteiger partial charge < -0.3 is 14.9 Å². The van der Waals surface area contributed by atoms with Gasteiger partial charge in [-0.3, -0.25) is 4.79 Å². The summed E-state index contributed by atoms with van der Waals surface area (Å²) in [7, 11) is 0. The van der Waals surface area contributed by atoms with E-state index in [1.165, 1.54) is 19.3 Å². The van der Waals surface area contributed by atoms with Crippen LogP contribution >= 0.6 is 0 Å². The van der Waals surface area contributed by atoms with Crippen LogP contribution in [0, 0.1) is 39.4 Å². The SMILES string of the molecule is CC(CCC(O)C(C)(C)O)C1CC[C@@]2(C)C34CC[C@H]5C(C)(C)C(=O)CC[C@]5(C)C3(CC[C@]12C)O4. The maximum absolute atomic E-state index is 12.9. The van der Waals surface area contributed by atoms with Gasteiger partial charge in [-0.2, -0.15) is 0 Å². The highest BCUT2D eigenvalue weighted by Crippen LogP contribution is 2.86. The van der Waals surface area contributed by atoms with Gasteiger partial charge in [0, 0.05) is 22.7 Å². The smallest absolute Gasteiger partial charge is 0.138 e. The maximum atomic E-state index is 12.9. The van der Waals surface area contributed by atoms with E-state index in [2.05, 4.69) is 41.5 Å². The minimum Gasteiger partial charge on any atom is -0.390 e. The van der Waals surface area contributed by atoms with E-state index in [1.54, 1.807) is 13.8 Å². The summed E-state index contributed by atoms with van der Waals surface area (Å²) in [4.78, 5) is 12.9. The minimum atomic E-state index is -1.04. The molecule has 0 bridgehead atoms. The Balaban J connectivity index is 1.42. The Kier molecular flexibility index (Phi) is 5.26. The normalized spacial score (nSPS) is 51.1. The molecule has 5 rings (SSSR count). The average Bonchev–Trinajstić information content (AvgIpc) is 3.37. The molecule has 0 spiro atoms. The highest BCUT2D eigenvalue weighted by atomic mass is 16.6. The van der Waals surface area contributed by atoms with Crippen molar-refractivity contribution < 1.29 is 19.7 Å². The van der Waals surface area contributed by atoms with E-state index in [0.29, 0.717) is 36.4 Å². The van der Waals surface area contributed by atoms with Crippen molar-refractivity contribution in [2.24, 2.45) is 39.4 Å². The molecular formula is C30H50O4. The molecule has 0 amide bonds. The third-order valence-corrected chi connectivity index (χ3v) is 13.2. The predicted octanol–water partition coefficient (Wildman–Crippen LogP) is 6.06. The summed E-state index contributed by atoms with van der Waals surface area (Å²) in [6.45, 7) is 17.8. The number of carbonyl (C=O) groups excluding carboxylic acids is 1. The van der Waals surface area contributed by atoms with E-state index >= 15 is 0 Å². The van der Waals surface area contributed by atoms with Crippen LogP contribution in [0.2, 0.25) is 0 Å². The lowest BCUT2D eigenvalue weighted by molar-refractivity contribution is -0.154. The molecule has 2 N–H and O–H groups in total. The first-order valence-electron chi connectivity index (χ1n) is 14.2. The number of carbonyl (C=O) groups is 1. The zero-order valence-corrected chi connectivity index (χ0v) is 23.1. The average molecular weight is 475 g/mol. The number of fused-ring (bicyclic) bond motifs is 2. The lowest BCUT2D eigenvalue weighted by atomic mass is 9.38. The second-order valence-electron chi connectivity index (χ2n) is 15.0. The fourth-order valence-corrected chi connectivity index (χ4v) is 10.8. The number of epoxide rings is 1. The van der Waals surface area contributed by atoms with Gasteiger partial charge >= 0.3 is 0 Å². The molecule has 0 aromatic heterocycles. The van der Waals surface area contributed by atoms with Crippen molar-refractivity contribution in [3.05, 3.63) is 0 Å². The van der Waals surface area contributed by atoms with Crippen molar-refractivity contribution in [2.45, 2.75) is 143 Å². The molecule has 0 aromatic carbocycles. The van der Waals surface area contributed by atoms with Crippen molar-refractivity contribution in [2.75, 3.05) is 0 Å². The van der Waals surface area contributed by atoms with E-state index in [9.17, 15) is 15.0 Å². The zero-order chi connectivity index (χ0) is 25.2.